The fourth-order valence-corrected chi connectivity index (χ4v) is 3.34. The van der Waals surface area contributed by atoms with Crippen LogP contribution in [-0.4, -0.2) is 41.1 Å². The van der Waals surface area contributed by atoms with Crippen molar-refractivity contribution in [1.82, 2.24) is 10.2 Å². The molecular weight excluding hydrogens is 354 g/mol. The van der Waals surface area contributed by atoms with Crippen molar-refractivity contribution in [3.8, 4) is 5.75 Å². The van der Waals surface area contributed by atoms with Gasteiger partial charge in [-0.3, -0.25) is 4.79 Å². The summed E-state index contributed by atoms with van der Waals surface area (Å²) >= 11 is 0. The Morgan fingerprint density at radius 3 is 2.54 bits per heavy atom. The number of hydrogen-bond donors (Lipinski definition) is 3. The number of nitrogens with zero attached hydrogens (tertiary/aromatic N) is 1. The first-order valence-corrected chi connectivity index (χ1v) is 9.76. The molecule has 2 aromatic rings. The molecule has 0 saturated carbocycles. The molecule has 3 N–H and O–H groups in total. The molecule has 1 atom stereocenters. The lowest BCUT2D eigenvalue weighted by Gasteiger charge is -2.17. The summed E-state index contributed by atoms with van der Waals surface area (Å²) in [7, 11) is 0. The number of aryl methyl sites for hydroxylation is 1. The largest absolute Gasteiger partial charge is 0.508 e. The summed E-state index contributed by atoms with van der Waals surface area (Å²) in [5.74, 6) is 0.267. The predicted octanol–water partition coefficient (Wildman–Crippen LogP) is 3.77. The number of nitrogens with one attached hydrogen (secondary N) is 2. The zero-order valence-electron chi connectivity index (χ0n) is 16.1. The van der Waals surface area contributed by atoms with Crippen molar-refractivity contribution in [3.05, 3.63) is 59.7 Å². The fourth-order valence-electron chi connectivity index (χ4n) is 3.34. The first kappa shape index (κ1) is 19.7. The zero-order valence-corrected chi connectivity index (χ0v) is 16.1. The Kier molecular flexibility index (Phi) is 6.53. The van der Waals surface area contributed by atoms with Gasteiger partial charge in [-0.1, -0.05) is 18.2 Å². The standard InChI is InChI=1S/C22H27N3O3/c1-16(7-8-17-9-11-20(26)12-10-17)23-22(28)24-19-6-4-5-18(15-19)21(27)25-13-2-3-14-25/h4-6,9-12,15-16,26H,2-3,7-8,13-14H2,1H3,(H2,23,24,28)/t16-/m1/s1. The summed E-state index contributed by atoms with van der Waals surface area (Å²) in [6.07, 6.45) is 3.69. The molecule has 0 radical (unpaired) electrons. The number of rotatable bonds is 6. The summed E-state index contributed by atoms with van der Waals surface area (Å²) in [5.41, 5.74) is 2.31. The minimum Gasteiger partial charge on any atom is -0.508 e. The van der Waals surface area contributed by atoms with Crippen LogP contribution < -0.4 is 10.6 Å². The van der Waals surface area contributed by atoms with Crippen LogP contribution in [0.3, 0.4) is 0 Å². The molecule has 0 aliphatic carbocycles. The van der Waals surface area contributed by atoms with Gasteiger partial charge in [-0.15, -0.1) is 0 Å². The second-order valence-electron chi connectivity index (χ2n) is 7.28. The fraction of sp³-hybridized carbons (Fsp3) is 0.364. The van der Waals surface area contributed by atoms with E-state index >= 15 is 0 Å². The Morgan fingerprint density at radius 1 is 1.11 bits per heavy atom. The molecular formula is C22H27N3O3. The van der Waals surface area contributed by atoms with Crippen LogP contribution in [0.5, 0.6) is 5.75 Å². The highest BCUT2D eigenvalue weighted by molar-refractivity contribution is 5.97. The third kappa shape index (κ3) is 5.49. The Labute approximate surface area is 165 Å². The van der Waals surface area contributed by atoms with Gasteiger partial charge in [-0.05, 0) is 68.5 Å². The number of hydrogen-bond acceptors (Lipinski definition) is 3. The third-order valence-corrected chi connectivity index (χ3v) is 4.94. The van der Waals surface area contributed by atoms with Gasteiger partial charge in [0.05, 0.1) is 0 Å². The second kappa shape index (κ2) is 9.26. The molecule has 1 fully saturated rings. The maximum absolute atomic E-state index is 12.5. The van der Waals surface area contributed by atoms with E-state index in [2.05, 4.69) is 10.6 Å². The number of carbonyl (C=O) groups excluding carboxylic acids is 2. The normalized spacial score (nSPS) is 14.5. The highest BCUT2D eigenvalue weighted by Crippen LogP contribution is 2.16. The van der Waals surface area contributed by atoms with Gasteiger partial charge in [0, 0.05) is 30.4 Å². The van der Waals surface area contributed by atoms with Crippen molar-refractivity contribution < 1.29 is 14.7 Å². The van der Waals surface area contributed by atoms with E-state index in [1.54, 1.807) is 36.4 Å². The topological polar surface area (TPSA) is 81.7 Å². The molecule has 148 valence electrons. The number of phenolic OH excluding ortho intramolecular Hbond substituents is 1. The van der Waals surface area contributed by atoms with Gasteiger partial charge in [0.25, 0.3) is 5.91 Å². The Morgan fingerprint density at radius 2 is 1.82 bits per heavy atom. The van der Waals surface area contributed by atoms with E-state index in [0.717, 1.165) is 44.3 Å². The summed E-state index contributed by atoms with van der Waals surface area (Å²) in [6, 6.07) is 13.9. The van der Waals surface area contributed by atoms with E-state index in [1.165, 1.54) is 0 Å². The molecule has 0 unspecified atom stereocenters. The molecule has 1 saturated heterocycles. The quantitative estimate of drug-likeness (QED) is 0.712. The number of carbonyl (C=O) groups is 2. The molecule has 6 heteroatoms. The summed E-state index contributed by atoms with van der Waals surface area (Å²) < 4.78 is 0. The Hall–Kier alpha value is -3.02. The van der Waals surface area contributed by atoms with Crippen molar-refractivity contribution in [2.45, 2.75) is 38.6 Å². The summed E-state index contributed by atoms with van der Waals surface area (Å²) in [6.45, 7) is 3.55. The van der Waals surface area contributed by atoms with Crippen LogP contribution in [0.2, 0.25) is 0 Å². The lowest BCUT2D eigenvalue weighted by Crippen LogP contribution is -2.36. The first-order chi connectivity index (χ1) is 13.5. The van der Waals surface area contributed by atoms with Crippen LogP contribution in [0.25, 0.3) is 0 Å². The molecule has 6 nitrogen and oxygen atoms in total. The summed E-state index contributed by atoms with van der Waals surface area (Å²) in [4.78, 5) is 26.6. The van der Waals surface area contributed by atoms with Crippen molar-refractivity contribution in [2.75, 3.05) is 18.4 Å². The highest BCUT2D eigenvalue weighted by atomic mass is 16.3. The monoisotopic (exact) mass is 381 g/mol. The van der Waals surface area contributed by atoms with Gasteiger partial charge in [0.2, 0.25) is 0 Å². The molecule has 3 rings (SSSR count). The van der Waals surface area contributed by atoms with E-state index in [1.807, 2.05) is 24.0 Å². The third-order valence-electron chi connectivity index (χ3n) is 4.94. The van der Waals surface area contributed by atoms with Gasteiger partial charge in [-0.25, -0.2) is 4.79 Å². The molecule has 1 aliphatic rings. The van der Waals surface area contributed by atoms with Crippen molar-refractivity contribution in [1.29, 1.82) is 0 Å². The number of benzene rings is 2. The minimum atomic E-state index is -0.288. The van der Waals surface area contributed by atoms with E-state index in [0.29, 0.717) is 11.3 Å². The number of phenols is 1. The maximum Gasteiger partial charge on any atom is 0.319 e. The average molecular weight is 381 g/mol. The van der Waals surface area contributed by atoms with E-state index < -0.39 is 0 Å². The van der Waals surface area contributed by atoms with Crippen LogP contribution in [0.4, 0.5) is 10.5 Å². The van der Waals surface area contributed by atoms with Crippen LogP contribution >= 0.6 is 0 Å². The molecule has 1 heterocycles. The lowest BCUT2D eigenvalue weighted by atomic mass is 10.1. The van der Waals surface area contributed by atoms with Crippen LogP contribution in [0, 0.1) is 0 Å². The van der Waals surface area contributed by atoms with Gasteiger partial charge >= 0.3 is 6.03 Å². The Bertz CT molecular complexity index is 814. The van der Waals surface area contributed by atoms with Gasteiger partial charge in [0.15, 0.2) is 0 Å². The van der Waals surface area contributed by atoms with E-state index in [9.17, 15) is 14.7 Å². The van der Waals surface area contributed by atoms with Crippen molar-refractivity contribution in [2.24, 2.45) is 0 Å². The number of urea groups is 1. The summed E-state index contributed by atoms with van der Waals surface area (Å²) in [5, 5.41) is 15.0. The second-order valence-corrected chi connectivity index (χ2v) is 7.28. The first-order valence-electron chi connectivity index (χ1n) is 9.76. The van der Waals surface area contributed by atoms with Crippen LogP contribution in [-0.2, 0) is 6.42 Å². The van der Waals surface area contributed by atoms with Crippen LogP contribution in [0.15, 0.2) is 48.5 Å². The maximum atomic E-state index is 12.5. The number of anilines is 1. The van der Waals surface area contributed by atoms with Crippen molar-refractivity contribution >= 4 is 17.6 Å². The molecule has 0 bridgehead atoms. The average Bonchev–Trinajstić information content (AvgIpc) is 3.22. The van der Waals surface area contributed by atoms with E-state index in [4.69, 9.17) is 0 Å². The molecule has 0 spiro atoms. The van der Waals surface area contributed by atoms with Gasteiger partial charge in [0.1, 0.15) is 5.75 Å². The number of amides is 3. The number of likely N-dealkylation sites (tertiary alicyclic amines) is 1. The van der Waals surface area contributed by atoms with Crippen LogP contribution in [0.1, 0.15) is 42.1 Å². The Balaban J connectivity index is 1.49. The lowest BCUT2D eigenvalue weighted by molar-refractivity contribution is 0.0793. The van der Waals surface area contributed by atoms with Crippen molar-refractivity contribution in [3.63, 3.8) is 0 Å². The highest BCUT2D eigenvalue weighted by Gasteiger charge is 2.19. The van der Waals surface area contributed by atoms with E-state index in [-0.39, 0.29) is 23.7 Å². The smallest absolute Gasteiger partial charge is 0.319 e. The van der Waals surface area contributed by atoms with Gasteiger partial charge < -0.3 is 20.6 Å². The zero-order chi connectivity index (χ0) is 19.9. The minimum absolute atomic E-state index is 0.0109. The SMILES string of the molecule is C[C@H](CCc1ccc(O)cc1)NC(=O)Nc1cccc(C(=O)N2CCCC2)c1. The molecule has 2 aromatic carbocycles. The predicted molar refractivity (Wildman–Crippen MR) is 110 cm³/mol. The molecule has 0 aromatic heterocycles. The number of aromatic hydroxyl groups is 1. The molecule has 28 heavy (non-hydrogen) atoms. The molecule has 1 aliphatic heterocycles. The molecule has 3 amide bonds. The van der Waals surface area contributed by atoms with Gasteiger partial charge in [-0.2, -0.15) is 0 Å².